The van der Waals surface area contributed by atoms with Crippen molar-refractivity contribution in [3.05, 3.63) is 52.7 Å². The summed E-state index contributed by atoms with van der Waals surface area (Å²) in [5.74, 6) is -1.88. The monoisotopic (exact) mass is 467 g/mol. The van der Waals surface area contributed by atoms with Crippen LogP contribution in [0.4, 0.5) is 0 Å². The number of aromatic nitrogens is 2. The largest absolute Gasteiger partial charge is 0.347 e. The number of thioether (sulfide) groups is 1. The molecule has 0 spiro atoms. The molecule has 5 amide bonds. The van der Waals surface area contributed by atoms with Crippen molar-refractivity contribution >= 4 is 41.3 Å². The Morgan fingerprint density at radius 3 is 2.55 bits per heavy atom. The molecule has 1 aromatic carbocycles. The Balaban J connectivity index is 1.48. The Morgan fingerprint density at radius 1 is 1.12 bits per heavy atom. The van der Waals surface area contributed by atoms with Crippen molar-refractivity contribution in [2.24, 2.45) is 0 Å². The van der Waals surface area contributed by atoms with Crippen molar-refractivity contribution in [3.63, 3.8) is 0 Å². The van der Waals surface area contributed by atoms with Crippen molar-refractivity contribution in [2.75, 3.05) is 5.75 Å². The predicted octanol–water partition coefficient (Wildman–Crippen LogP) is 1.31. The van der Waals surface area contributed by atoms with E-state index >= 15 is 0 Å². The quantitative estimate of drug-likeness (QED) is 0.479. The molecule has 0 aliphatic carbocycles. The molecule has 11 heteroatoms. The highest BCUT2D eigenvalue weighted by atomic mass is 32.2. The lowest BCUT2D eigenvalue weighted by Crippen LogP contribution is -2.62. The number of nitrogens with one attached hydrogen (secondary N) is 2. The molecule has 1 saturated heterocycles. The van der Waals surface area contributed by atoms with Crippen LogP contribution >= 0.6 is 11.8 Å². The van der Waals surface area contributed by atoms with Gasteiger partial charge in [0, 0.05) is 13.0 Å². The van der Waals surface area contributed by atoms with Crippen LogP contribution in [0.1, 0.15) is 63.5 Å². The summed E-state index contributed by atoms with van der Waals surface area (Å²) in [7, 11) is 0. The molecule has 0 radical (unpaired) electrons. The van der Waals surface area contributed by atoms with Crippen molar-refractivity contribution in [3.8, 4) is 0 Å². The fourth-order valence-electron chi connectivity index (χ4n) is 3.79. The summed E-state index contributed by atoms with van der Waals surface area (Å²) in [6.45, 7) is 3.57. The highest BCUT2D eigenvalue weighted by Gasteiger charge is 2.52. The summed E-state index contributed by atoms with van der Waals surface area (Å²) in [6, 6.07) is 7.97. The molecule has 1 aromatic heterocycles. The first-order valence-corrected chi connectivity index (χ1v) is 11.3. The van der Waals surface area contributed by atoms with Gasteiger partial charge < -0.3 is 5.32 Å². The Hall–Kier alpha value is -3.60. The third-order valence-electron chi connectivity index (χ3n) is 5.64. The van der Waals surface area contributed by atoms with Gasteiger partial charge in [0.1, 0.15) is 10.6 Å². The van der Waals surface area contributed by atoms with Gasteiger partial charge in [-0.3, -0.25) is 34.2 Å². The minimum atomic E-state index is -1.45. The summed E-state index contributed by atoms with van der Waals surface area (Å²) in [4.78, 5) is 63.3. The van der Waals surface area contributed by atoms with E-state index in [1.54, 1.807) is 18.2 Å². The Bertz CT molecular complexity index is 1180. The summed E-state index contributed by atoms with van der Waals surface area (Å²) in [6.07, 6.45) is 0.0938. The molecule has 0 saturated carbocycles. The Kier molecular flexibility index (Phi) is 5.98. The highest BCUT2D eigenvalue weighted by molar-refractivity contribution is 7.99. The minimum Gasteiger partial charge on any atom is -0.347 e. The number of amides is 5. The van der Waals surface area contributed by atoms with Gasteiger partial charge in [-0.25, -0.2) is 0 Å². The number of fused-ring (bicyclic) bond motifs is 1. The van der Waals surface area contributed by atoms with Crippen LogP contribution in [0.3, 0.4) is 0 Å². The number of benzene rings is 1. The van der Waals surface area contributed by atoms with Gasteiger partial charge in [0.25, 0.3) is 23.6 Å². The number of piperidine rings is 1. The average molecular weight is 468 g/mol. The molecule has 3 heterocycles. The Morgan fingerprint density at radius 2 is 1.88 bits per heavy atom. The molecule has 33 heavy (non-hydrogen) atoms. The number of imide groups is 2. The van der Waals surface area contributed by atoms with Crippen LogP contribution < -0.4 is 10.6 Å². The van der Waals surface area contributed by atoms with Crippen molar-refractivity contribution in [1.82, 2.24) is 25.7 Å². The maximum absolute atomic E-state index is 13.1. The maximum Gasteiger partial charge on any atom is 0.272 e. The fraction of sp³-hybridized carbons (Fsp3) is 0.318. The molecular weight excluding hydrogens is 446 g/mol. The summed E-state index contributed by atoms with van der Waals surface area (Å²) < 4.78 is 0. The van der Waals surface area contributed by atoms with Crippen LogP contribution in [-0.2, 0) is 16.1 Å². The first-order valence-electron chi connectivity index (χ1n) is 10.4. The lowest BCUT2D eigenvalue weighted by Gasteiger charge is -2.38. The molecule has 1 atom stereocenters. The molecule has 2 N–H and O–H groups in total. The van der Waals surface area contributed by atoms with Crippen molar-refractivity contribution < 1.29 is 24.0 Å². The van der Waals surface area contributed by atoms with Gasteiger partial charge in [0.15, 0.2) is 5.69 Å². The van der Waals surface area contributed by atoms with Crippen LogP contribution in [0.5, 0.6) is 0 Å². The van der Waals surface area contributed by atoms with Crippen molar-refractivity contribution in [1.29, 1.82) is 0 Å². The second kappa shape index (κ2) is 8.74. The lowest BCUT2D eigenvalue weighted by atomic mass is 9.89. The third-order valence-corrected chi connectivity index (χ3v) is 6.45. The third kappa shape index (κ3) is 4.11. The molecule has 170 valence electrons. The second-order valence-corrected chi connectivity index (χ2v) is 9.13. The van der Waals surface area contributed by atoms with Gasteiger partial charge in [-0.1, -0.05) is 13.0 Å². The number of carbonyl (C=O) groups excluding carboxylic acids is 5. The van der Waals surface area contributed by atoms with E-state index in [0.29, 0.717) is 5.56 Å². The standard InChI is InChI=1S/C22H21N5O5S/c1-3-33-17-7-6-15(25-26-17)18(29)23-11-12-4-5-13-14(10-12)20(31)27(19(13)30)22(2)9-8-16(28)24-21(22)32/h4-7,10H,3,8-9,11H2,1-2H3,(H,23,29)(H,24,28,32). The molecule has 2 aliphatic heterocycles. The van der Waals surface area contributed by atoms with Gasteiger partial charge in [0.05, 0.1) is 11.1 Å². The zero-order chi connectivity index (χ0) is 23.8. The maximum atomic E-state index is 13.1. The molecule has 2 aliphatic rings. The normalized spacial score (nSPS) is 20.0. The van der Waals surface area contributed by atoms with Crippen molar-refractivity contribution in [2.45, 2.75) is 43.8 Å². The SMILES string of the molecule is CCSc1ccc(C(=O)NCc2ccc3c(c2)C(=O)N(C2(C)CCC(=O)NC2=O)C3=O)nn1. The first kappa shape index (κ1) is 22.6. The van der Waals surface area contributed by atoms with Crippen LogP contribution in [0, 0.1) is 0 Å². The van der Waals surface area contributed by atoms with E-state index in [1.165, 1.54) is 30.8 Å². The molecule has 0 bridgehead atoms. The van der Waals surface area contributed by atoms with Crippen LogP contribution in [0.15, 0.2) is 35.4 Å². The fourth-order valence-corrected chi connectivity index (χ4v) is 4.35. The van der Waals surface area contributed by atoms with E-state index < -0.39 is 35.1 Å². The predicted molar refractivity (Wildman–Crippen MR) is 117 cm³/mol. The topological polar surface area (TPSA) is 138 Å². The number of rotatable bonds is 6. The van der Waals surface area contributed by atoms with Crippen LogP contribution in [0.2, 0.25) is 0 Å². The summed E-state index contributed by atoms with van der Waals surface area (Å²) >= 11 is 1.52. The second-order valence-electron chi connectivity index (χ2n) is 7.85. The molecular formula is C22H21N5O5S. The molecule has 10 nitrogen and oxygen atoms in total. The Labute approximate surface area is 193 Å². The molecule has 2 aromatic rings. The lowest BCUT2D eigenvalue weighted by molar-refractivity contribution is -0.140. The number of nitrogens with zero attached hydrogens (tertiary/aromatic N) is 3. The summed E-state index contributed by atoms with van der Waals surface area (Å²) in [5, 5.41) is 13.6. The van der Waals surface area contributed by atoms with Crippen LogP contribution in [0.25, 0.3) is 0 Å². The smallest absolute Gasteiger partial charge is 0.272 e. The zero-order valence-electron chi connectivity index (χ0n) is 18.0. The highest BCUT2D eigenvalue weighted by Crippen LogP contribution is 2.34. The zero-order valence-corrected chi connectivity index (χ0v) is 18.8. The van der Waals surface area contributed by atoms with Gasteiger partial charge in [0.2, 0.25) is 5.91 Å². The average Bonchev–Trinajstić information content (AvgIpc) is 3.05. The van der Waals surface area contributed by atoms with E-state index in [-0.39, 0.29) is 36.2 Å². The molecule has 4 rings (SSSR count). The minimum absolute atomic E-state index is 0.0356. The van der Waals surface area contributed by atoms with Gasteiger partial charge in [-0.05, 0) is 48.9 Å². The summed E-state index contributed by atoms with van der Waals surface area (Å²) in [5.41, 5.74) is -0.352. The first-order chi connectivity index (χ1) is 15.7. The van der Waals surface area contributed by atoms with E-state index in [9.17, 15) is 24.0 Å². The van der Waals surface area contributed by atoms with E-state index in [0.717, 1.165) is 15.7 Å². The number of hydrogen-bond acceptors (Lipinski definition) is 8. The molecule has 1 fully saturated rings. The van der Waals surface area contributed by atoms with E-state index in [4.69, 9.17) is 0 Å². The number of hydrogen-bond donors (Lipinski definition) is 2. The van der Waals surface area contributed by atoms with Crippen LogP contribution in [-0.4, -0.2) is 55.9 Å². The number of carbonyl (C=O) groups is 5. The van der Waals surface area contributed by atoms with Gasteiger partial charge in [-0.15, -0.1) is 22.0 Å². The van der Waals surface area contributed by atoms with Gasteiger partial charge in [-0.2, -0.15) is 0 Å². The van der Waals surface area contributed by atoms with Gasteiger partial charge >= 0.3 is 0 Å². The van der Waals surface area contributed by atoms with E-state index in [2.05, 4.69) is 20.8 Å². The molecule has 1 unspecified atom stereocenters. The van der Waals surface area contributed by atoms with E-state index in [1.807, 2.05) is 6.92 Å².